The zero-order valence-corrected chi connectivity index (χ0v) is 17.0. The average Bonchev–Trinajstić information content (AvgIpc) is 2.86. The van der Waals surface area contributed by atoms with Gasteiger partial charge in [-0.3, -0.25) is 9.69 Å². The predicted octanol–water partition coefficient (Wildman–Crippen LogP) is 4.00. The summed E-state index contributed by atoms with van der Waals surface area (Å²) in [5.74, 6) is 0.00299. The number of nitrogens with zero attached hydrogens (tertiary/aromatic N) is 3. The number of nitrogens with one attached hydrogen (secondary N) is 1. The molecule has 5 nitrogen and oxygen atoms in total. The maximum Gasteiger partial charge on any atom is 0.239 e. The zero-order chi connectivity index (χ0) is 20.8. The zero-order valence-electron chi connectivity index (χ0n) is 17.0. The van der Waals surface area contributed by atoms with E-state index in [1.54, 1.807) is 12.1 Å². The molecule has 0 spiro atoms. The third-order valence-corrected chi connectivity index (χ3v) is 4.76. The number of hydrogen-bond acceptors (Lipinski definition) is 3. The molecule has 1 heterocycles. The van der Waals surface area contributed by atoms with Crippen molar-refractivity contribution in [3.05, 3.63) is 64.6 Å². The first-order chi connectivity index (χ1) is 13.3. The lowest BCUT2D eigenvalue weighted by atomic mass is 10.2. The van der Waals surface area contributed by atoms with E-state index < -0.39 is 0 Å². The van der Waals surface area contributed by atoms with E-state index in [4.69, 9.17) is 0 Å². The normalized spacial score (nSPS) is 10.8. The van der Waals surface area contributed by atoms with Gasteiger partial charge in [0, 0.05) is 18.8 Å². The van der Waals surface area contributed by atoms with Gasteiger partial charge in [0.25, 0.3) is 0 Å². The van der Waals surface area contributed by atoms with Gasteiger partial charge in [-0.25, -0.2) is 4.39 Å². The number of carbonyl (C=O) groups is 1. The summed E-state index contributed by atoms with van der Waals surface area (Å²) in [4.78, 5) is 14.6. The fraction of sp³-hybridized carbons (Fsp3) is 0.364. The van der Waals surface area contributed by atoms with Crippen molar-refractivity contribution in [3.63, 3.8) is 0 Å². The highest BCUT2D eigenvalue weighted by Gasteiger charge is 2.20. The van der Waals surface area contributed by atoms with Gasteiger partial charge in [-0.05, 0) is 50.6 Å². The summed E-state index contributed by atoms with van der Waals surface area (Å²) < 4.78 is 15.1. The molecular formula is C22H27FN4O. The van der Waals surface area contributed by atoms with E-state index in [2.05, 4.69) is 18.0 Å². The Hall–Kier alpha value is -2.91. The number of nitriles is 1. The molecule has 1 N–H and O–H groups in total. The second kappa shape index (κ2) is 9.34. The first-order valence-electron chi connectivity index (χ1n) is 9.27. The molecule has 1 aromatic heterocycles. The number of hydrogen-bond donors (Lipinski definition) is 1. The summed E-state index contributed by atoms with van der Waals surface area (Å²) in [7, 11) is 0. The van der Waals surface area contributed by atoms with Crippen molar-refractivity contribution in [1.82, 2.24) is 9.47 Å². The van der Waals surface area contributed by atoms with Crippen molar-refractivity contribution < 1.29 is 9.18 Å². The van der Waals surface area contributed by atoms with Gasteiger partial charge < -0.3 is 9.88 Å². The second-order valence-corrected chi connectivity index (χ2v) is 7.07. The molecule has 0 saturated carbocycles. The van der Waals surface area contributed by atoms with Crippen LogP contribution in [0, 0.1) is 31.0 Å². The smallest absolute Gasteiger partial charge is 0.239 e. The highest BCUT2D eigenvalue weighted by molar-refractivity contribution is 5.93. The number of rotatable bonds is 8. The number of aromatic nitrogens is 1. The van der Waals surface area contributed by atoms with Crippen molar-refractivity contribution in [3.8, 4) is 6.07 Å². The highest BCUT2D eigenvalue weighted by atomic mass is 19.1. The largest absolute Gasteiger partial charge is 0.326 e. The molecule has 2 rings (SSSR count). The van der Waals surface area contributed by atoms with Crippen molar-refractivity contribution in [2.24, 2.45) is 0 Å². The van der Waals surface area contributed by atoms with Gasteiger partial charge in [0.05, 0.1) is 12.1 Å². The molecule has 6 heteroatoms. The third-order valence-electron chi connectivity index (χ3n) is 4.76. The van der Waals surface area contributed by atoms with Crippen LogP contribution in [0.1, 0.15) is 36.2 Å². The Morgan fingerprint density at radius 2 is 1.93 bits per heavy atom. The lowest BCUT2D eigenvalue weighted by Gasteiger charge is -2.20. The van der Waals surface area contributed by atoms with Crippen LogP contribution in [-0.4, -0.2) is 35.0 Å². The number of halogens is 1. The molecule has 148 valence electrons. The van der Waals surface area contributed by atoms with Gasteiger partial charge >= 0.3 is 0 Å². The molecule has 0 bridgehead atoms. The Morgan fingerprint density at radius 1 is 1.29 bits per heavy atom. The van der Waals surface area contributed by atoms with Crippen LogP contribution in [0.2, 0.25) is 0 Å². The number of benzene rings is 1. The van der Waals surface area contributed by atoms with Crippen LogP contribution in [0.25, 0.3) is 0 Å². The SMILES string of the molecule is C=C(C)CN(CC)CC(=O)Nc1c(C#N)c(C)c(C)n1Cc1ccc(F)cc1. The topological polar surface area (TPSA) is 61.1 Å². The first kappa shape index (κ1) is 21.4. The molecule has 0 aliphatic heterocycles. The molecular weight excluding hydrogens is 355 g/mol. The van der Waals surface area contributed by atoms with E-state index in [9.17, 15) is 14.4 Å². The second-order valence-electron chi connectivity index (χ2n) is 7.07. The summed E-state index contributed by atoms with van der Waals surface area (Å²) in [6.07, 6.45) is 0. The van der Waals surface area contributed by atoms with Crippen LogP contribution in [0.5, 0.6) is 0 Å². The van der Waals surface area contributed by atoms with Crippen LogP contribution in [-0.2, 0) is 11.3 Å². The molecule has 0 radical (unpaired) electrons. The fourth-order valence-electron chi connectivity index (χ4n) is 3.14. The van der Waals surface area contributed by atoms with Crippen molar-refractivity contribution >= 4 is 11.7 Å². The first-order valence-corrected chi connectivity index (χ1v) is 9.27. The molecule has 0 aliphatic rings. The van der Waals surface area contributed by atoms with E-state index >= 15 is 0 Å². The molecule has 1 aromatic carbocycles. The van der Waals surface area contributed by atoms with Crippen LogP contribution in [0.15, 0.2) is 36.4 Å². The summed E-state index contributed by atoms with van der Waals surface area (Å²) >= 11 is 0. The molecule has 0 atom stereocenters. The van der Waals surface area contributed by atoms with Crippen LogP contribution in [0.3, 0.4) is 0 Å². The molecule has 1 amide bonds. The van der Waals surface area contributed by atoms with Crippen molar-refractivity contribution in [2.45, 2.75) is 34.2 Å². The minimum absolute atomic E-state index is 0.183. The Kier molecular flexibility index (Phi) is 7.13. The van der Waals surface area contributed by atoms with E-state index in [-0.39, 0.29) is 18.3 Å². The van der Waals surface area contributed by atoms with E-state index in [0.29, 0.717) is 24.5 Å². The van der Waals surface area contributed by atoms with Gasteiger partial charge in [0.1, 0.15) is 17.7 Å². The summed E-state index contributed by atoms with van der Waals surface area (Å²) in [6.45, 7) is 13.6. The fourth-order valence-corrected chi connectivity index (χ4v) is 3.14. The lowest BCUT2D eigenvalue weighted by Crippen LogP contribution is -2.34. The maximum atomic E-state index is 13.2. The minimum atomic E-state index is -0.299. The average molecular weight is 382 g/mol. The van der Waals surface area contributed by atoms with Crippen LogP contribution >= 0.6 is 0 Å². The van der Waals surface area contributed by atoms with Crippen LogP contribution in [0.4, 0.5) is 10.2 Å². The van der Waals surface area contributed by atoms with E-state index in [1.165, 1.54) is 12.1 Å². The van der Waals surface area contributed by atoms with Crippen molar-refractivity contribution in [2.75, 3.05) is 25.0 Å². The third kappa shape index (κ3) is 5.08. The molecule has 0 aliphatic carbocycles. The van der Waals surface area contributed by atoms with Gasteiger partial charge in [-0.2, -0.15) is 5.26 Å². The Labute approximate surface area is 166 Å². The molecule has 2 aromatic rings. The molecule has 0 fully saturated rings. The van der Waals surface area contributed by atoms with Gasteiger partial charge in [-0.15, -0.1) is 0 Å². The lowest BCUT2D eigenvalue weighted by molar-refractivity contribution is -0.117. The number of carbonyl (C=O) groups excluding carboxylic acids is 1. The quantitative estimate of drug-likeness (QED) is 0.702. The summed E-state index contributed by atoms with van der Waals surface area (Å²) in [6, 6.07) is 8.41. The minimum Gasteiger partial charge on any atom is -0.326 e. The summed E-state index contributed by atoms with van der Waals surface area (Å²) in [5.41, 5.74) is 4.05. The highest BCUT2D eigenvalue weighted by Crippen LogP contribution is 2.27. The number of anilines is 1. The number of likely N-dealkylation sites (N-methyl/N-ethyl adjacent to an activating group) is 1. The Bertz CT molecular complexity index is 906. The van der Waals surface area contributed by atoms with Crippen LogP contribution < -0.4 is 5.32 Å². The molecule has 0 unspecified atom stereocenters. The van der Waals surface area contributed by atoms with Gasteiger partial charge in [0.2, 0.25) is 5.91 Å². The Morgan fingerprint density at radius 3 is 2.46 bits per heavy atom. The van der Waals surface area contributed by atoms with E-state index in [0.717, 1.165) is 28.9 Å². The van der Waals surface area contributed by atoms with Gasteiger partial charge in [0.15, 0.2) is 0 Å². The number of amides is 1. The predicted molar refractivity (Wildman–Crippen MR) is 110 cm³/mol. The maximum absolute atomic E-state index is 13.2. The van der Waals surface area contributed by atoms with Crippen molar-refractivity contribution in [1.29, 1.82) is 5.26 Å². The molecule has 0 saturated heterocycles. The monoisotopic (exact) mass is 382 g/mol. The standard InChI is InChI=1S/C22H27FN4O/c1-6-26(12-15(2)3)14-21(28)25-22-20(11-24)16(4)17(5)27(22)13-18-7-9-19(23)10-8-18/h7-10H,2,6,12-14H2,1,3-5H3,(H,25,28). The molecule has 28 heavy (non-hydrogen) atoms. The summed E-state index contributed by atoms with van der Waals surface area (Å²) in [5, 5.41) is 12.5. The van der Waals surface area contributed by atoms with E-state index in [1.807, 2.05) is 37.2 Å². The Balaban J connectivity index is 2.30. The van der Waals surface area contributed by atoms with Gasteiger partial charge in [-0.1, -0.05) is 31.2 Å².